The summed E-state index contributed by atoms with van der Waals surface area (Å²) in [5, 5.41) is 17.3. The summed E-state index contributed by atoms with van der Waals surface area (Å²) in [7, 11) is 0. The average molecular weight is 245 g/mol. The number of hydrogen-bond donors (Lipinski definition) is 2. The molecule has 17 heavy (non-hydrogen) atoms. The number of amides is 1. The van der Waals surface area contributed by atoms with Gasteiger partial charge in [0.15, 0.2) is 0 Å². The van der Waals surface area contributed by atoms with Crippen molar-refractivity contribution in [3.8, 4) is 0 Å². The Balaban J connectivity index is 4.43. The molecule has 0 aliphatic rings. The summed E-state index contributed by atoms with van der Waals surface area (Å²) in [5.74, 6) is -2.87. The lowest BCUT2D eigenvalue weighted by atomic mass is 10.1. The molecule has 0 aromatic rings. The number of nitrogens with zero attached hydrogens (tertiary/aromatic N) is 1. The summed E-state index contributed by atoms with van der Waals surface area (Å²) in [5.41, 5.74) is 0. The van der Waals surface area contributed by atoms with Gasteiger partial charge in [0.2, 0.25) is 5.91 Å². The Kier molecular flexibility index (Phi) is 6.93. The van der Waals surface area contributed by atoms with Crippen LogP contribution in [0.3, 0.4) is 0 Å². The molecule has 1 unspecified atom stereocenters. The van der Waals surface area contributed by atoms with Crippen molar-refractivity contribution in [2.45, 2.75) is 33.1 Å². The summed E-state index contributed by atoms with van der Waals surface area (Å²) >= 11 is 0. The van der Waals surface area contributed by atoms with Gasteiger partial charge in [0, 0.05) is 19.5 Å². The van der Waals surface area contributed by atoms with Crippen LogP contribution in [-0.2, 0) is 14.4 Å². The molecule has 0 fully saturated rings. The highest BCUT2D eigenvalue weighted by Crippen LogP contribution is 2.05. The molecule has 6 nitrogen and oxygen atoms in total. The fraction of sp³-hybridized carbons (Fsp3) is 0.727. The Morgan fingerprint density at radius 3 is 2.18 bits per heavy atom. The van der Waals surface area contributed by atoms with Crippen LogP contribution in [0.4, 0.5) is 0 Å². The Morgan fingerprint density at radius 2 is 1.76 bits per heavy atom. The maximum Gasteiger partial charge on any atom is 0.308 e. The van der Waals surface area contributed by atoms with Crippen molar-refractivity contribution in [1.29, 1.82) is 0 Å². The molecule has 0 heterocycles. The van der Waals surface area contributed by atoms with Gasteiger partial charge >= 0.3 is 11.9 Å². The molecule has 0 spiro atoms. The van der Waals surface area contributed by atoms with Crippen molar-refractivity contribution in [2.75, 3.05) is 13.1 Å². The van der Waals surface area contributed by atoms with Crippen LogP contribution in [0.25, 0.3) is 0 Å². The van der Waals surface area contributed by atoms with Crippen LogP contribution in [0.2, 0.25) is 0 Å². The first kappa shape index (κ1) is 15.4. The van der Waals surface area contributed by atoms with Crippen molar-refractivity contribution in [3.63, 3.8) is 0 Å². The molecule has 0 bridgehead atoms. The number of carboxylic acid groups (broad SMARTS) is 2. The molecule has 0 saturated heterocycles. The number of aliphatic carboxylic acids is 2. The molecule has 0 rings (SSSR count). The van der Waals surface area contributed by atoms with E-state index in [2.05, 4.69) is 0 Å². The van der Waals surface area contributed by atoms with Crippen LogP contribution in [0, 0.1) is 5.92 Å². The van der Waals surface area contributed by atoms with Crippen LogP contribution < -0.4 is 0 Å². The van der Waals surface area contributed by atoms with Gasteiger partial charge in [0.25, 0.3) is 0 Å². The van der Waals surface area contributed by atoms with E-state index < -0.39 is 17.9 Å². The zero-order valence-corrected chi connectivity index (χ0v) is 10.2. The lowest BCUT2D eigenvalue weighted by Gasteiger charge is -2.23. The van der Waals surface area contributed by atoms with Crippen molar-refractivity contribution >= 4 is 17.8 Å². The SMILES string of the molecule is CCCC(=O)N(CCC(=O)O)CC(C)C(=O)O. The summed E-state index contributed by atoms with van der Waals surface area (Å²) < 4.78 is 0. The Hall–Kier alpha value is -1.59. The summed E-state index contributed by atoms with van der Waals surface area (Å²) in [6.45, 7) is 3.45. The van der Waals surface area contributed by atoms with Crippen LogP contribution in [0.5, 0.6) is 0 Å². The zero-order chi connectivity index (χ0) is 13.4. The number of carbonyl (C=O) groups excluding carboxylic acids is 1. The second-order valence-electron chi connectivity index (χ2n) is 3.97. The van der Waals surface area contributed by atoms with E-state index in [4.69, 9.17) is 10.2 Å². The second kappa shape index (κ2) is 7.65. The van der Waals surface area contributed by atoms with E-state index in [0.29, 0.717) is 12.8 Å². The maximum absolute atomic E-state index is 11.7. The molecule has 6 heteroatoms. The molecule has 2 N–H and O–H groups in total. The first-order valence-electron chi connectivity index (χ1n) is 5.60. The van der Waals surface area contributed by atoms with Gasteiger partial charge in [-0.15, -0.1) is 0 Å². The highest BCUT2D eigenvalue weighted by Gasteiger charge is 2.20. The largest absolute Gasteiger partial charge is 0.481 e. The number of carboxylic acids is 2. The van der Waals surface area contributed by atoms with Gasteiger partial charge in [-0.05, 0) is 6.42 Å². The van der Waals surface area contributed by atoms with Crippen LogP contribution in [-0.4, -0.2) is 46.0 Å². The molecule has 0 aromatic heterocycles. The van der Waals surface area contributed by atoms with Crippen molar-refractivity contribution in [2.24, 2.45) is 5.92 Å². The zero-order valence-electron chi connectivity index (χ0n) is 10.2. The van der Waals surface area contributed by atoms with E-state index in [1.54, 1.807) is 0 Å². The molecule has 0 aromatic carbocycles. The third-order valence-electron chi connectivity index (χ3n) is 2.33. The third-order valence-corrected chi connectivity index (χ3v) is 2.33. The van der Waals surface area contributed by atoms with Gasteiger partial charge in [0.1, 0.15) is 0 Å². The Labute approximate surface area is 100 Å². The smallest absolute Gasteiger partial charge is 0.308 e. The minimum Gasteiger partial charge on any atom is -0.481 e. The second-order valence-corrected chi connectivity index (χ2v) is 3.97. The van der Waals surface area contributed by atoms with Gasteiger partial charge in [0.05, 0.1) is 12.3 Å². The molecule has 1 amide bonds. The first-order valence-corrected chi connectivity index (χ1v) is 5.60. The van der Waals surface area contributed by atoms with E-state index in [1.165, 1.54) is 11.8 Å². The quantitative estimate of drug-likeness (QED) is 0.659. The fourth-order valence-corrected chi connectivity index (χ4v) is 1.33. The van der Waals surface area contributed by atoms with E-state index in [1.807, 2.05) is 6.92 Å². The predicted octanol–water partition coefficient (Wildman–Crippen LogP) is 0.810. The lowest BCUT2D eigenvalue weighted by Crippen LogP contribution is -2.38. The molecule has 1 atom stereocenters. The summed E-state index contributed by atoms with van der Waals surface area (Å²) in [4.78, 5) is 34.1. The van der Waals surface area contributed by atoms with Crippen LogP contribution in [0.1, 0.15) is 33.1 Å². The topological polar surface area (TPSA) is 94.9 Å². The molecule has 0 saturated carbocycles. The fourth-order valence-electron chi connectivity index (χ4n) is 1.33. The van der Waals surface area contributed by atoms with Crippen molar-refractivity contribution in [1.82, 2.24) is 4.90 Å². The van der Waals surface area contributed by atoms with Gasteiger partial charge in [-0.1, -0.05) is 13.8 Å². The number of carbonyl (C=O) groups is 3. The standard InChI is InChI=1S/C11H19NO5/c1-3-4-9(13)12(6-5-10(14)15)7-8(2)11(16)17/h8H,3-7H2,1-2H3,(H,14,15)(H,16,17). The molecule has 0 aliphatic heterocycles. The van der Waals surface area contributed by atoms with E-state index in [0.717, 1.165) is 0 Å². The highest BCUT2D eigenvalue weighted by molar-refractivity contribution is 5.78. The van der Waals surface area contributed by atoms with Gasteiger partial charge < -0.3 is 15.1 Å². The minimum absolute atomic E-state index is 0.0570. The Bertz CT molecular complexity index is 290. The molecular formula is C11H19NO5. The van der Waals surface area contributed by atoms with Crippen LogP contribution in [0.15, 0.2) is 0 Å². The number of hydrogen-bond acceptors (Lipinski definition) is 3. The highest BCUT2D eigenvalue weighted by atomic mass is 16.4. The first-order chi connectivity index (χ1) is 7.88. The lowest BCUT2D eigenvalue weighted by molar-refractivity contribution is -0.143. The molecular weight excluding hydrogens is 226 g/mol. The summed E-state index contributed by atoms with van der Waals surface area (Å²) in [6, 6.07) is 0. The monoisotopic (exact) mass is 245 g/mol. The van der Waals surface area contributed by atoms with Gasteiger partial charge in [-0.3, -0.25) is 14.4 Å². The van der Waals surface area contributed by atoms with Crippen LogP contribution >= 0.6 is 0 Å². The van der Waals surface area contributed by atoms with Gasteiger partial charge in [-0.25, -0.2) is 0 Å². The molecule has 0 aliphatic carbocycles. The van der Waals surface area contributed by atoms with Crippen molar-refractivity contribution < 1.29 is 24.6 Å². The Morgan fingerprint density at radius 1 is 1.18 bits per heavy atom. The average Bonchev–Trinajstić information content (AvgIpc) is 2.23. The normalized spacial score (nSPS) is 11.9. The van der Waals surface area contributed by atoms with E-state index in [9.17, 15) is 14.4 Å². The predicted molar refractivity (Wildman–Crippen MR) is 60.5 cm³/mol. The maximum atomic E-state index is 11.7. The van der Waals surface area contributed by atoms with E-state index >= 15 is 0 Å². The number of rotatable bonds is 8. The van der Waals surface area contributed by atoms with Crippen molar-refractivity contribution in [3.05, 3.63) is 0 Å². The third kappa shape index (κ3) is 6.55. The van der Waals surface area contributed by atoms with E-state index in [-0.39, 0.29) is 25.4 Å². The van der Waals surface area contributed by atoms with Gasteiger partial charge in [-0.2, -0.15) is 0 Å². The molecule has 98 valence electrons. The minimum atomic E-state index is -0.998. The summed E-state index contributed by atoms with van der Waals surface area (Å²) in [6.07, 6.45) is 0.803. The molecule has 0 radical (unpaired) electrons.